The summed E-state index contributed by atoms with van der Waals surface area (Å²) in [6.07, 6.45) is 4.31. The molecule has 0 aromatic heterocycles. The molecule has 1 aromatic rings. The third-order valence-electron chi connectivity index (χ3n) is 5.57. The first-order valence-electron chi connectivity index (χ1n) is 9.81. The molecule has 0 radical (unpaired) electrons. The van der Waals surface area contributed by atoms with E-state index in [-0.39, 0.29) is 24.4 Å². The van der Waals surface area contributed by atoms with Gasteiger partial charge >= 0.3 is 6.03 Å². The molecule has 2 aliphatic rings. The normalized spacial score (nSPS) is 24.7. The second-order valence-corrected chi connectivity index (χ2v) is 8.30. The highest BCUT2D eigenvalue weighted by Gasteiger charge is 2.47. The van der Waals surface area contributed by atoms with Gasteiger partial charge in [-0.3, -0.25) is 14.5 Å². The van der Waals surface area contributed by atoms with E-state index in [0.717, 1.165) is 36.1 Å². The van der Waals surface area contributed by atoms with Gasteiger partial charge in [0.25, 0.3) is 5.91 Å². The third kappa shape index (κ3) is 4.15. The molecule has 1 aromatic carbocycles. The lowest BCUT2D eigenvalue weighted by Crippen LogP contribution is -2.45. The summed E-state index contributed by atoms with van der Waals surface area (Å²) in [5.74, 6) is -0.170. The van der Waals surface area contributed by atoms with Crippen LogP contribution in [0, 0.1) is 5.92 Å². The summed E-state index contributed by atoms with van der Waals surface area (Å²) in [5.41, 5.74) is 1.47. The van der Waals surface area contributed by atoms with Crippen LogP contribution in [0.2, 0.25) is 0 Å². The quantitative estimate of drug-likeness (QED) is 0.755. The smallest absolute Gasteiger partial charge is 0.325 e. The summed E-state index contributed by atoms with van der Waals surface area (Å²) in [6, 6.07) is 7.57. The summed E-state index contributed by atoms with van der Waals surface area (Å²) >= 11 is 0. The molecule has 1 aliphatic heterocycles. The standard InChI is InChI=1S/C21H29N3O3/c1-14(2)11-12-21(3)19(26)24(20(27)23-21)13-18(25)22-17-10-6-8-15-7-4-5-9-16(15)17/h4-5,7,9,14,17H,6,8,10-13H2,1-3H3,(H,22,25)(H,23,27). The van der Waals surface area contributed by atoms with Crippen molar-refractivity contribution in [2.45, 2.75) is 64.5 Å². The Bertz CT molecular complexity index is 746. The topological polar surface area (TPSA) is 78.5 Å². The number of nitrogens with one attached hydrogen (secondary N) is 2. The fraction of sp³-hybridized carbons (Fsp3) is 0.571. The molecule has 0 saturated carbocycles. The van der Waals surface area contributed by atoms with Crippen LogP contribution in [0.5, 0.6) is 0 Å². The summed E-state index contributed by atoms with van der Waals surface area (Å²) in [7, 11) is 0. The summed E-state index contributed by atoms with van der Waals surface area (Å²) in [4.78, 5) is 38.6. The maximum atomic E-state index is 12.7. The van der Waals surface area contributed by atoms with Crippen LogP contribution in [0.25, 0.3) is 0 Å². The van der Waals surface area contributed by atoms with Crippen LogP contribution >= 0.6 is 0 Å². The van der Waals surface area contributed by atoms with E-state index < -0.39 is 11.6 Å². The molecular weight excluding hydrogens is 342 g/mol. The minimum absolute atomic E-state index is 0.0597. The molecule has 4 amide bonds. The SMILES string of the molecule is CC(C)CCC1(C)NC(=O)N(CC(=O)NC2CCCc3ccccc32)C1=O. The van der Waals surface area contributed by atoms with Gasteiger partial charge in [0.1, 0.15) is 12.1 Å². The van der Waals surface area contributed by atoms with Crippen LogP contribution < -0.4 is 10.6 Å². The molecule has 2 atom stereocenters. The molecule has 1 fully saturated rings. The fourth-order valence-corrected chi connectivity index (χ4v) is 3.92. The number of hydrogen-bond donors (Lipinski definition) is 2. The Balaban J connectivity index is 1.63. The molecule has 1 saturated heterocycles. The van der Waals surface area contributed by atoms with Gasteiger partial charge in [0, 0.05) is 0 Å². The number of carbonyl (C=O) groups excluding carboxylic acids is 3. The van der Waals surface area contributed by atoms with E-state index in [1.54, 1.807) is 6.92 Å². The van der Waals surface area contributed by atoms with Crippen molar-refractivity contribution >= 4 is 17.8 Å². The Hall–Kier alpha value is -2.37. The largest absolute Gasteiger partial charge is 0.348 e. The minimum Gasteiger partial charge on any atom is -0.348 e. The Kier molecular flexibility index (Phi) is 5.53. The van der Waals surface area contributed by atoms with E-state index in [1.165, 1.54) is 5.56 Å². The number of imide groups is 1. The van der Waals surface area contributed by atoms with Crippen LogP contribution in [0.4, 0.5) is 4.79 Å². The molecule has 27 heavy (non-hydrogen) atoms. The maximum Gasteiger partial charge on any atom is 0.325 e. The number of nitrogens with zero attached hydrogens (tertiary/aromatic N) is 1. The highest BCUT2D eigenvalue weighted by atomic mass is 16.2. The molecule has 0 spiro atoms. The molecule has 0 bridgehead atoms. The second-order valence-electron chi connectivity index (χ2n) is 8.30. The van der Waals surface area contributed by atoms with Crippen LogP contribution in [-0.4, -0.2) is 34.8 Å². The van der Waals surface area contributed by atoms with E-state index >= 15 is 0 Å². The first-order chi connectivity index (χ1) is 12.8. The molecule has 2 N–H and O–H groups in total. The number of hydrogen-bond acceptors (Lipinski definition) is 3. The minimum atomic E-state index is -0.918. The zero-order valence-electron chi connectivity index (χ0n) is 16.4. The lowest BCUT2D eigenvalue weighted by Gasteiger charge is -2.27. The van der Waals surface area contributed by atoms with Crippen LogP contribution in [0.1, 0.15) is 63.6 Å². The first-order valence-corrected chi connectivity index (χ1v) is 9.81. The Morgan fingerprint density at radius 2 is 2.07 bits per heavy atom. The van der Waals surface area contributed by atoms with E-state index in [4.69, 9.17) is 0 Å². The van der Waals surface area contributed by atoms with Crippen molar-refractivity contribution in [1.29, 1.82) is 0 Å². The fourth-order valence-electron chi connectivity index (χ4n) is 3.92. The average Bonchev–Trinajstić information content (AvgIpc) is 2.84. The van der Waals surface area contributed by atoms with Gasteiger partial charge in [-0.1, -0.05) is 38.1 Å². The zero-order chi connectivity index (χ0) is 19.6. The first kappa shape index (κ1) is 19.4. The zero-order valence-corrected chi connectivity index (χ0v) is 16.4. The Morgan fingerprint density at radius 3 is 2.81 bits per heavy atom. The number of urea groups is 1. The molecule has 1 heterocycles. The second kappa shape index (κ2) is 7.71. The van der Waals surface area contributed by atoms with E-state index in [2.05, 4.69) is 30.5 Å². The Labute approximate surface area is 160 Å². The van der Waals surface area contributed by atoms with Gasteiger partial charge in [0.15, 0.2) is 0 Å². The number of carbonyl (C=O) groups is 3. The molecule has 146 valence electrons. The summed E-state index contributed by atoms with van der Waals surface area (Å²) < 4.78 is 0. The van der Waals surface area contributed by atoms with Crippen molar-refractivity contribution in [3.8, 4) is 0 Å². The molecule has 6 nitrogen and oxygen atoms in total. The van der Waals surface area contributed by atoms with Gasteiger partial charge in [-0.05, 0) is 56.1 Å². The lowest BCUT2D eigenvalue weighted by atomic mass is 9.88. The lowest BCUT2D eigenvalue weighted by molar-refractivity contribution is -0.135. The van der Waals surface area contributed by atoms with Gasteiger partial charge in [-0.2, -0.15) is 0 Å². The molecular formula is C21H29N3O3. The van der Waals surface area contributed by atoms with Gasteiger partial charge in [0.2, 0.25) is 5.91 Å². The summed E-state index contributed by atoms with van der Waals surface area (Å²) in [6.45, 7) is 5.67. The van der Waals surface area contributed by atoms with E-state index in [1.807, 2.05) is 18.2 Å². The molecule has 6 heteroatoms. The number of amides is 4. The van der Waals surface area contributed by atoms with Crippen LogP contribution in [0.3, 0.4) is 0 Å². The predicted molar refractivity (Wildman–Crippen MR) is 103 cm³/mol. The number of aryl methyl sites for hydroxylation is 1. The highest BCUT2D eigenvalue weighted by Crippen LogP contribution is 2.29. The summed E-state index contributed by atoms with van der Waals surface area (Å²) in [5, 5.41) is 5.78. The van der Waals surface area contributed by atoms with Crippen molar-refractivity contribution < 1.29 is 14.4 Å². The maximum absolute atomic E-state index is 12.7. The van der Waals surface area contributed by atoms with Crippen molar-refractivity contribution in [2.75, 3.05) is 6.54 Å². The molecule has 1 aliphatic carbocycles. The van der Waals surface area contributed by atoms with Crippen molar-refractivity contribution in [2.24, 2.45) is 5.92 Å². The monoisotopic (exact) mass is 371 g/mol. The van der Waals surface area contributed by atoms with Gasteiger partial charge in [-0.15, -0.1) is 0 Å². The van der Waals surface area contributed by atoms with Crippen molar-refractivity contribution in [3.05, 3.63) is 35.4 Å². The van der Waals surface area contributed by atoms with Crippen molar-refractivity contribution in [1.82, 2.24) is 15.5 Å². The van der Waals surface area contributed by atoms with Gasteiger partial charge in [0.05, 0.1) is 6.04 Å². The average molecular weight is 371 g/mol. The number of fused-ring (bicyclic) bond motifs is 1. The van der Waals surface area contributed by atoms with Crippen LogP contribution in [0.15, 0.2) is 24.3 Å². The van der Waals surface area contributed by atoms with E-state index in [9.17, 15) is 14.4 Å². The predicted octanol–water partition coefficient (Wildman–Crippen LogP) is 2.93. The third-order valence-corrected chi connectivity index (χ3v) is 5.57. The van der Waals surface area contributed by atoms with Crippen molar-refractivity contribution in [3.63, 3.8) is 0 Å². The number of rotatable bonds is 6. The molecule has 3 rings (SSSR count). The number of benzene rings is 1. The van der Waals surface area contributed by atoms with Gasteiger partial charge in [-0.25, -0.2) is 4.79 Å². The van der Waals surface area contributed by atoms with Crippen LogP contribution in [-0.2, 0) is 16.0 Å². The Morgan fingerprint density at radius 1 is 1.33 bits per heavy atom. The van der Waals surface area contributed by atoms with E-state index in [0.29, 0.717) is 12.3 Å². The molecule has 2 unspecified atom stereocenters. The highest BCUT2D eigenvalue weighted by molar-refractivity contribution is 6.08. The van der Waals surface area contributed by atoms with Gasteiger partial charge < -0.3 is 10.6 Å².